The van der Waals surface area contributed by atoms with Crippen molar-refractivity contribution in [2.75, 3.05) is 13.2 Å². The molecule has 0 amide bonds. The quantitative estimate of drug-likeness (QED) is 0.307. The molecule has 0 aliphatic rings. The normalized spacial score (nSPS) is 14.4. The van der Waals surface area contributed by atoms with Crippen LogP contribution in [0.3, 0.4) is 0 Å². The predicted octanol–water partition coefficient (Wildman–Crippen LogP) is 1.95. The van der Waals surface area contributed by atoms with E-state index in [2.05, 4.69) is 19.6 Å². The van der Waals surface area contributed by atoms with Gasteiger partial charge in [0.2, 0.25) is 0 Å². The third kappa shape index (κ3) is 9.38. The molecular weight excluding hydrogens is 248 g/mol. The number of carbonyl (C=O) groups excluding carboxylic acids is 1. The van der Waals surface area contributed by atoms with Crippen LogP contribution >= 0.6 is 0 Å². The summed E-state index contributed by atoms with van der Waals surface area (Å²) < 4.78 is 4.85. The van der Waals surface area contributed by atoms with Gasteiger partial charge in [-0.05, 0) is 13.3 Å². The number of allylic oxidation sites excluding steroid dienone is 1. The van der Waals surface area contributed by atoms with Crippen LogP contribution in [0.15, 0.2) is 11.6 Å². The summed E-state index contributed by atoms with van der Waals surface area (Å²) in [4.78, 5) is 11.5. The highest BCUT2D eigenvalue weighted by Gasteiger charge is 2.12. The number of carbonyl (C=O) groups is 1. The van der Waals surface area contributed by atoms with E-state index in [1.807, 2.05) is 6.08 Å². The standard InChI is InChI=1S/C13H26O4Si/c1-11(7-5-6-8-18(2,3)4)13(16)17-10-12(15)9-14/h7,12,14-15H,5-6,8-10H2,1-4H3. The van der Waals surface area contributed by atoms with Gasteiger partial charge in [-0.1, -0.05) is 38.2 Å². The molecule has 0 radical (unpaired) electrons. The zero-order valence-electron chi connectivity index (χ0n) is 11.9. The van der Waals surface area contributed by atoms with E-state index in [4.69, 9.17) is 14.9 Å². The van der Waals surface area contributed by atoms with E-state index in [1.165, 1.54) is 6.04 Å². The molecule has 0 bridgehead atoms. The molecule has 106 valence electrons. The Labute approximate surface area is 111 Å². The lowest BCUT2D eigenvalue weighted by Gasteiger charge is -2.14. The third-order valence-corrected chi connectivity index (χ3v) is 4.37. The molecule has 1 unspecified atom stereocenters. The predicted molar refractivity (Wildman–Crippen MR) is 75.2 cm³/mol. The minimum Gasteiger partial charge on any atom is -0.459 e. The van der Waals surface area contributed by atoms with E-state index in [-0.39, 0.29) is 6.61 Å². The summed E-state index contributed by atoms with van der Waals surface area (Å²) in [6, 6.07) is 1.25. The maximum Gasteiger partial charge on any atom is 0.333 e. The molecule has 0 heterocycles. The Kier molecular flexibility index (Phi) is 8.14. The van der Waals surface area contributed by atoms with E-state index in [0.717, 1.165) is 12.8 Å². The number of esters is 1. The van der Waals surface area contributed by atoms with Gasteiger partial charge in [-0.3, -0.25) is 0 Å². The second-order valence-corrected chi connectivity index (χ2v) is 11.4. The first kappa shape index (κ1) is 17.3. The van der Waals surface area contributed by atoms with Crippen molar-refractivity contribution in [1.82, 2.24) is 0 Å². The number of hydrogen-bond acceptors (Lipinski definition) is 4. The molecule has 18 heavy (non-hydrogen) atoms. The zero-order valence-corrected chi connectivity index (χ0v) is 12.9. The molecule has 0 aliphatic carbocycles. The summed E-state index contributed by atoms with van der Waals surface area (Å²) >= 11 is 0. The summed E-state index contributed by atoms with van der Waals surface area (Å²) in [6.45, 7) is 8.14. The summed E-state index contributed by atoms with van der Waals surface area (Å²) in [7, 11) is -0.998. The fourth-order valence-electron chi connectivity index (χ4n) is 1.37. The Morgan fingerprint density at radius 1 is 1.39 bits per heavy atom. The van der Waals surface area contributed by atoms with Crippen molar-refractivity contribution in [3.8, 4) is 0 Å². The van der Waals surface area contributed by atoms with Crippen molar-refractivity contribution >= 4 is 14.0 Å². The molecule has 0 aromatic carbocycles. The van der Waals surface area contributed by atoms with Gasteiger partial charge in [0, 0.05) is 13.6 Å². The summed E-state index contributed by atoms with van der Waals surface area (Å²) in [6.07, 6.45) is 2.87. The first-order valence-electron chi connectivity index (χ1n) is 6.39. The minimum atomic E-state index is -0.998. The molecule has 2 N–H and O–H groups in total. The van der Waals surface area contributed by atoms with Crippen LogP contribution in [0.2, 0.25) is 25.7 Å². The van der Waals surface area contributed by atoms with Gasteiger partial charge in [0.25, 0.3) is 0 Å². The third-order valence-electron chi connectivity index (χ3n) is 2.52. The highest BCUT2D eigenvalue weighted by atomic mass is 28.3. The fraction of sp³-hybridized carbons (Fsp3) is 0.769. The second-order valence-electron chi connectivity index (χ2n) is 5.77. The first-order chi connectivity index (χ1) is 8.26. The summed E-state index contributed by atoms with van der Waals surface area (Å²) in [5.74, 6) is -0.421. The second kappa shape index (κ2) is 8.45. The minimum absolute atomic E-state index is 0.157. The van der Waals surface area contributed by atoms with Gasteiger partial charge in [-0.2, -0.15) is 0 Å². The monoisotopic (exact) mass is 274 g/mol. The van der Waals surface area contributed by atoms with Gasteiger partial charge >= 0.3 is 5.97 Å². The zero-order chi connectivity index (χ0) is 14.2. The van der Waals surface area contributed by atoms with Gasteiger partial charge < -0.3 is 14.9 Å². The maximum atomic E-state index is 11.5. The van der Waals surface area contributed by atoms with E-state index < -0.39 is 26.8 Å². The topological polar surface area (TPSA) is 66.8 Å². The van der Waals surface area contributed by atoms with Crippen molar-refractivity contribution in [2.24, 2.45) is 0 Å². The van der Waals surface area contributed by atoms with Crippen LogP contribution in [-0.2, 0) is 9.53 Å². The molecule has 0 aliphatic heterocycles. The van der Waals surface area contributed by atoms with Gasteiger partial charge in [0.15, 0.2) is 0 Å². The number of aliphatic hydroxyl groups excluding tert-OH is 2. The number of unbranched alkanes of at least 4 members (excludes halogenated alkanes) is 1. The average Bonchev–Trinajstić information content (AvgIpc) is 2.29. The Morgan fingerprint density at radius 3 is 2.50 bits per heavy atom. The smallest absolute Gasteiger partial charge is 0.333 e. The lowest BCUT2D eigenvalue weighted by atomic mass is 10.2. The van der Waals surface area contributed by atoms with Crippen LogP contribution in [0.1, 0.15) is 19.8 Å². The largest absolute Gasteiger partial charge is 0.459 e. The molecule has 0 fully saturated rings. The molecule has 0 aromatic rings. The van der Waals surface area contributed by atoms with Crippen molar-refractivity contribution in [3.63, 3.8) is 0 Å². The van der Waals surface area contributed by atoms with Crippen LogP contribution in [0.4, 0.5) is 0 Å². The summed E-state index contributed by atoms with van der Waals surface area (Å²) in [5.41, 5.74) is 0.565. The SMILES string of the molecule is CC(=CCCC[Si](C)(C)C)C(=O)OCC(O)CO. The highest BCUT2D eigenvalue weighted by Crippen LogP contribution is 2.13. The molecule has 0 spiro atoms. The number of aliphatic hydroxyl groups is 2. The lowest BCUT2D eigenvalue weighted by molar-refractivity contribution is -0.142. The first-order valence-corrected chi connectivity index (χ1v) is 10.1. The van der Waals surface area contributed by atoms with Crippen molar-refractivity contribution < 1.29 is 19.7 Å². The summed E-state index contributed by atoms with van der Waals surface area (Å²) in [5, 5.41) is 17.6. The number of ether oxygens (including phenoxy) is 1. The van der Waals surface area contributed by atoms with Gasteiger partial charge in [-0.25, -0.2) is 4.79 Å². The molecular formula is C13H26O4Si. The molecule has 4 nitrogen and oxygen atoms in total. The fourth-order valence-corrected chi connectivity index (χ4v) is 2.64. The molecule has 0 saturated heterocycles. The van der Waals surface area contributed by atoms with E-state index >= 15 is 0 Å². The Bertz CT molecular complexity index is 281. The van der Waals surface area contributed by atoms with Crippen molar-refractivity contribution in [2.45, 2.75) is 51.6 Å². The molecule has 0 rings (SSSR count). The molecule has 5 heteroatoms. The van der Waals surface area contributed by atoms with Crippen LogP contribution in [0, 0.1) is 0 Å². The Hall–Kier alpha value is -0.653. The van der Waals surface area contributed by atoms with Crippen LogP contribution in [0.25, 0.3) is 0 Å². The van der Waals surface area contributed by atoms with Crippen LogP contribution in [-0.4, -0.2) is 43.6 Å². The van der Waals surface area contributed by atoms with Gasteiger partial charge in [0.05, 0.1) is 6.61 Å². The van der Waals surface area contributed by atoms with E-state index in [1.54, 1.807) is 6.92 Å². The van der Waals surface area contributed by atoms with E-state index in [0.29, 0.717) is 5.57 Å². The average molecular weight is 274 g/mol. The molecule has 0 saturated carbocycles. The van der Waals surface area contributed by atoms with Crippen LogP contribution < -0.4 is 0 Å². The molecule has 1 atom stereocenters. The van der Waals surface area contributed by atoms with Crippen LogP contribution in [0.5, 0.6) is 0 Å². The Balaban J connectivity index is 3.91. The van der Waals surface area contributed by atoms with Crippen molar-refractivity contribution in [3.05, 3.63) is 11.6 Å². The number of hydrogen-bond donors (Lipinski definition) is 2. The van der Waals surface area contributed by atoms with Gasteiger partial charge in [0.1, 0.15) is 12.7 Å². The van der Waals surface area contributed by atoms with Crippen molar-refractivity contribution in [1.29, 1.82) is 0 Å². The van der Waals surface area contributed by atoms with Gasteiger partial charge in [-0.15, -0.1) is 0 Å². The Morgan fingerprint density at radius 2 is 2.00 bits per heavy atom. The van der Waals surface area contributed by atoms with E-state index in [9.17, 15) is 4.79 Å². The molecule has 0 aromatic heterocycles. The highest BCUT2D eigenvalue weighted by molar-refractivity contribution is 6.76. The number of rotatable bonds is 8. The maximum absolute atomic E-state index is 11.5. The lowest BCUT2D eigenvalue weighted by Crippen LogP contribution is -2.22.